The maximum absolute atomic E-state index is 13.5. The Bertz CT molecular complexity index is 883. The van der Waals surface area contributed by atoms with Gasteiger partial charge in [0.1, 0.15) is 6.04 Å². The molecule has 1 aromatic carbocycles. The summed E-state index contributed by atoms with van der Waals surface area (Å²) in [4.78, 5) is 19.1. The fraction of sp³-hybridized carbons (Fsp3) is 0.682. The van der Waals surface area contributed by atoms with Gasteiger partial charge in [-0.3, -0.25) is 9.63 Å². The molecule has 1 N–H and O–H groups in total. The highest BCUT2D eigenvalue weighted by Gasteiger charge is 2.72. The monoisotopic (exact) mass is 420 g/mol. The third-order valence-electron chi connectivity index (χ3n) is 7.85. The molecular weight excluding hydrogens is 388 g/mol. The predicted molar refractivity (Wildman–Crippen MR) is 111 cm³/mol. The predicted octanol–water partition coefficient (Wildman–Crippen LogP) is 3.10. The van der Waals surface area contributed by atoms with E-state index in [-0.39, 0.29) is 34.4 Å². The number of sulfonamides is 1. The first kappa shape index (κ1) is 20.8. The topological polar surface area (TPSA) is 75.7 Å². The molecule has 1 aliphatic heterocycles. The van der Waals surface area contributed by atoms with E-state index in [1.54, 1.807) is 0 Å². The highest BCUT2D eigenvalue weighted by molar-refractivity contribution is 7.90. The molecule has 0 unspecified atom stereocenters. The highest BCUT2D eigenvalue weighted by Crippen LogP contribution is 2.70. The molecule has 160 valence electrons. The number of nitrogens with zero attached hydrogens (tertiary/aromatic N) is 1. The fourth-order valence-electron chi connectivity index (χ4n) is 5.98. The molecule has 1 aromatic rings. The van der Waals surface area contributed by atoms with Gasteiger partial charge in [-0.1, -0.05) is 58.0 Å². The number of hydrogen-bond donors (Lipinski definition) is 1. The summed E-state index contributed by atoms with van der Waals surface area (Å²) in [5.41, 5.74) is 3.49. The van der Waals surface area contributed by atoms with Crippen molar-refractivity contribution < 1.29 is 18.0 Å². The second-order valence-corrected chi connectivity index (χ2v) is 11.7. The summed E-state index contributed by atoms with van der Waals surface area (Å²) in [6.45, 7) is 8.51. The zero-order valence-corrected chi connectivity index (χ0v) is 18.5. The van der Waals surface area contributed by atoms with E-state index in [4.69, 9.17) is 4.84 Å². The summed E-state index contributed by atoms with van der Waals surface area (Å²) in [7, 11) is -3.63. The van der Waals surface area contributed by atoms with Crippen LogP contribution in [0.1, 0.15) is 52.5 Å². The van der Waals surface area contributed by atoms with E-state index < -0.39 is 16.1 Å². The van der Waals surface area contributed by atoms with Crippen molar-refractivity contribution in [1.82, 2.24) is 9.79 Å². The number of carbonyl (C=O) groups excluding carboxylic acids is 1. The molecule has 29 heavy (non-hydrogen) atoms. The van der Waals surface area contributed by atoms with Crippen LogP contribution in [0.3, 0.4) is 0 Å². The van der Waals surface area contributed by atoms with Gasteiger partial charge in [-0.2, -0.15) is 5.48 Å². The average molecular weight is 421 g/mol. The molecule has 3 fully saturated rings. The summed E-state index contributed by atoms with van der Waals surface area (Å²) in [6.07, 6.45) is 2.74. The molecule has 1 amide bonds. The number of nitrogens with one attached hydrogen (secondary N) is 1. The molecule has 2 saturated carbocycles. The standard InChI is InChI=1S/C22H32N2O4S/c1-15(2)19(23-28-13-16-8-6-5-7-9-16)20(25)24-18-12-17-10-11-22(18,21(17,3)4)14-29(24,26)27/h5-9,15,17-19,23H,10-14H2,1-4H3/t17-,18-,19-,22-/m0/s1. The third kappa shape index (κ3) is 3.13. The van der Waals surface area contributed by atoms with Crippen LogP contribution in [0.5, 0.6) is 0 Å². The number of benzene rings is 1. The van der Waals surface area contributed by atoms with Gasteiger partial charge in [0, 0.05) is 5.41 Å². The highest BCUT2D eigenvalue weighted by atomic mass is 32.2. The largest absolute Gasteiger partial charge is 0.296 e. The van der Waals surface area contributed by atoms with Crippen molar-refractivity contribution in [2.24, 2.45) is 22.7 Å². The molecule has 0 aromatic heterocycles. The first-order valence-electron chi connectivity index (χ1n) is 10.6. The molecule has 0 radical (unpaired) electrons. The summed E-state index contributed by atoms with van der Waals surface area (Å²) < 4.78 is 27.5. The van der Waals surface area contributed by atoms with Gasteiger partial charge in [0.15, 0.2) is 0 Å². The van der Waals surface area contributed by atoms with Crippen LogP contribution in [0.15, 0.2) is 30.3 Å². The molecule has 4 rings (SSSR count). The van der Waals surface area contributed by atoms with Gasteiger partial charge in [-0.05, 0) is 42.1 Å². The van der Waals surface area contributed by atoms with Crippen LogP contribution in [0.25, 0.3) is 0 Å². The van der Waals surface area contributed by atoms with Crippen molar-refractivity contribution in [3.63, 3.8) is 0 Å². The minimum absolute atomic E-state index is 0.0513. The summed E-state index contributed by atoms with van der Waals surface area (Å²) in [5, 5.41) is 0. The molecule has 2 aliphatic carbocycles. The van der Waals surface area contributed by atoms with E-state index >= 15 is 0 Å². The Morgan fingerprint density at radius 3 is 2.59 bits per heavy atom. The second-order valence-electron chi connectivity index (χ2n) is 9.87. The lowest BCUT2D eigenvalue weighted by atomic mass is 9.69. The lowest BCUT2D eigenvalue weighted by molar-refractivity contribution is -0.138. The average Bonchev–Trinajstić information content (AvgIpc) is 3.13. The number of fused-ring (bicyclic) bond motifs is 1. The summed E-state index contributed by atoms with van der Waals surface area (Å²) in [5.74, 6) is 0.100. The number of carbonyl (C=O) groups is 1. The molecule has 1 saturated heterocycles. The summed E-state index contributed by atoms with van der Waals surface area (Å²) >= 11 is 0. The molecule has 3 aliphatic rings. The number of amides is 1. The van der Waals surface area contributed by atoms with Crippen LogP contribution in [0.2, 0.25) is 0 Å². The lowest BCUT2D eigenvalue weighted by Gasteiger charge is -2.37. The van der Waals surface area contributed by atoms with Crippen molar-refractivity contribution in [2.75, 3.05) is 5.75 Å². The van der Waals surface area contributed by atoms with E-state index in [1.165, 1.54) is 4.31 Å². The molecule has 2 bridgehead atoms. The number of hydroxylamine groups is 1. The second kappa shape index (κ2) is 7.06. The molecule has 1 spiro atoms. The van der Waals surface area contributed by atoms with Crippen LogP contribution < -0.4 is 5.48 Å². The van der Waals surface area contributed by atoms with Gasteiger partial charge in [0.05, 0.1) is 18.4 Å². The van der Waals surface area contributed by atoms with Crippen LogP contribution in [-0.4, -0.2) is 36.5 Å². The maximum atomic E-state index is 13.5. The van der Waals surface area contributed by atoms with E-state index in [9.17, 15) is 13.2 Å². The molecule has 7 heteroatoms. The Hall–Kier alpha value is -1.44. The van der Waals surface area contributed by atoms with Crippen molar-refractivity contribution >= 4 is 15.9 Å². The normalized spacial score (nSPS) is 32.5. The minimum atomic E-state index is -3.63. The van der Waals surface area contributed by atoms with Crippen molar-refractivity contribution in [1.29, 1.82) is 0 Å². The SMILES string of the molecule is CC(C)[C@H](NOCc1ccccc1)C(=O)N1[C@H]2C[C@@H]3CC[C@@]2(CS1(=O)=O)C3(C)C. The van der Waals surface area contributed by atoms with Gasteiger partial charge in [0.25, 0.3) is 5.91 Å². The fourth-order valence-corrected chi connectivity index (χ4v) is 8.54. The van der Waals surface area contributed by atoms with Crippen molar-refractivity contribution in [2.45, 2.75) is 65.6 Å². The van der Waals surface area contributed by atoms with Crippen LogP contribution >= 0.6 is 0 Å². The first-order valence-corrected chi connectivity index (χ1v) is 12.2. The Balaban J connectivity index is 1.53. The molecule has 4 atom stereocenters. The zero-order chi connectivity index (χ0) is 21.0. The van der Waals surface area contributed by atoms with Gasteiger partial charge < -0.3 is 0 Å². The Kier molecular flexibility index (Phi) is 5.07. The minimum Gasteiger partial charge on any atom is -0.296 e. The van der Waals surface area contributed by atoms with Gasteiger partial charge in [0.2, 0.25) is 10.0 Å². The Labute approximate surface area is 174 Å². The smallest absolute Gasteiger partial charge is 0.256 e. The van der Waals surface area contributed by atoms with Crippen LogP contribution in [-0.2, 0) is 26.3 Å². The number of hydrogen-bond acceptors (Lipinski definition) is 5. The molecule has 6 nitrogen and oxygen atoms in total. The molecule has 1 heterocycles. The van der Waals surface area contributed by atoms with E-state index in [0.717, 1.165) is 24.8 Å². The summed E-state index contributed by atoms with van der Waals surface area (Å²) in [6, 6.07) is 8.76. The lowest BCUT2D eigenvalue weighted by Crippen LogP contribution is -2.53. The van der Waals surface area contributed by atoms with Gasteiger partial charge >= 0.3 is 0 Å². The first-order chi connectivity index (χ1) is 13.6. The quantitative estimate of drug-likeness (QED) is 0.716. The number of rotatable bonds is 6. The van der Waals surface area contributed by atoms with E-state index in [0.29, 0.717) is 12.5 Å². The van der Waals surface area contributed by atoms with E-state index in [1.807, 2.05) is 44.2 Å². The van der Waals surface area contributed by atoms with Crippen molar-refractivity contribution in [3.05, 3.63) is 35.9 Å². The Morgan fingerprint density at radius 2 is 1.97 bits per heavy atom. The third-order valence-corrected chi connectivity index (χ3v) is 9.77. The zero-order valence-electron chi connectivity index (χ0n) is 17.7. The Morgan fingerprint density at radius 1 is 1.28 bits per heavy atom. The van der Waals surface area contributed by atoms with Gasteiger partial charge in [-0.25, -0.2) is 12.7 Å². The van der Waals surface area contributed by atoms with Crippen molar-refractivity contribution in [3.8, 4) is 0 Å². The van der Waals surface area contributed by atoms with E-state index in [2.05, 4.69) is 19.3 Å². The molecular formula is C22H32N2O4S. The van der Waals surface area contributed by atoms with Crippen LogP contribution in [0.4, 0.5) is 0 Å². The van der Waals surface area contributed by atoms with Crippen LogP contribution in [0, 0.1) is 22.7 Å². The maximum Gasteiger partial charge on any atom is 0.256 e. The van der Waals surface area contributed by atoms with Gasteiger partial charge in [-0.15, -0.1) is 0 Å².